The van der Waals surface area contributed by atoms with Gasteiger partial charge >= 0.3 is 6.01 Å². The number of rotatable bonds is 6. The van der Waals surface area contributed by atoms with Gasteiger partial charge in [-0.25, -0.2) is 9.97 Å². The van der Waals surface area contributed by atoms with Crippen LogP contribution < -0.4 is 10.1 Å². The van der Waals surface area contributed by atoms with Crippen LogP contribution in [0.25, 0.3) is 0 Å². The van der Waals surface area contributed by atoms with E-state index in [0.29, 0.717) is 6.01 Å². The number of nitrogens with one attached hydrogen (secondary N) is 1. The van der Waals surface area contributed by atoms with Crippen molar-refractivity contribution < 1.29 is 4.74 Å². The van der Waals surface area contributed by atoms with Crippen LogP contribution >= 0.6 is 23.7 Å². The van der Waals surface area contributed by atoms with E-state index in [2.05, 4.69) is 38.9 Å². The van der Waals surface area contributed by atoms with E-state index < -0.39 is 0 Å². The van der Waals surface area contributed by atoms with E-state index in [1.807, 2.05) is 18.2 Å². The van der Waals surface area contributed by atoms with Crippen molar-refractivity contribution in [3.05, 3.63) is 70.7 Å². The molecule has 0 amide bonds. The Kier molecular flexibility index (Phi) is 6.33. The van der Waals surface area contributed by atoms with Gasteiger partial charge in [0.25, 0.3) is 0 Å². The second kappa shape index (κ2) is 8.48. The van der Waals surface area contributed by atoms with Crippen LogP contribution in [-0.4, -0.2) is 9.97 Å². The maximum absolute atomic E-state index is 5.62. The SMILES string of the molecule is Cl.c1cnc(Oc2cccc(CNCc3cccs3)c2)nc1. The highest BCUT2D eigenvalue weighted by Gasteiger charge is 2.01. The molecule has 0 saturated carbocycles. The van der Waals surface area contributed by atoms with Gasteiger partial charge in [0, 0.05) is 30.4 Å². The lowest BCUT2D eigenvalue weighted by Crippen LogP contribution is -2.11. The molecule has 2 aromatic heterocycles. The minimum atomic E-state index is 0. The zero-order valence-electron chi connectivity index (χ0n) is 11.8. The van der Waals surface area contributed by atoms with Gasteiger partial charge in [0.15, 0.2) is 0 Å². The summed E-state index contributed by atoms with van der Waals surface area (Å²) in [7, 11) is 0. The molecule has 0 aliphatic rings. The summed E-state index contributed by atoms with van der Waals surface area (Å²) in [5, 5.41) is 5.51. The fraction of sp³-hybridized carbons (Fsp3) is 0.125. The van der Waals surface area contributed by atoms with E-state index in [1.165, 1.54) is 10.4 Å². The molecule has 22 heavy (non-hydrogen) atoms. The topological polar surface area (TPSA) is 47.0 Å². The van der Waals surface area contributed by atoms with Crippen molar-refractivity contribution in [3.8, 4) is 11.8 Å². The Morgan fingerprint density at radius 1 is 1.00 bits per heavy atom. The smallest absolute Gasteiger partial charge is 0.321 e. The summed E-state index contributed by atoms with van der Waals surface area (Å²) >= 11 is 1.76. The Bertz CT molecular complexity index is 677. The third-order valence-corrected chi connectivity index (χ3v) is 3.73. The van der Waals surface area contributed by atoms with Gasteiger partial charge in [-0.1, -0.05) is 18.2 Å². The second-order valence-corrected chi connectivity index (χ2v) is 5.50. The summed E-state index contributed by atoms with van der Waals surface area (Å²) in [6, 6.07) is 14.3. The third-order valence-electron chi connectivity index (χ3n) is 2.86. The van der Waals surface area contributed by atoms with Crippen LogP contribution in [0.1, 0.15) is 10.4 Å². The van der Waals surface area contributed by atoms with Crippen LogP contribution in [0.3, 0.4) is 0 Å². The third kappa shape index (κ3) is 4.80. The lowest BCUT2D eigenvalue weighted by Gasteiger charge is -2.07. The van der Waals surface area contributed by atoms with Gasteiger partial charge in [0.1, 0.15) is 5.75 Å². The van der Waals surface area contributed by atoms with Gasteiger partial charge in [0.2, 0.25) is 0 Å². The van der Waals surface area contributed by atoms with Gasteiger partial charge in [-0.05, 0) is 35.2 Å². The van der Waals surface area contributed by atoms with Crippen LogP contribution in [0.15, 0.2) is 60.2 Å². The Hall–Kier alpha value is -1.95. The number of benzene rings is 1. The molecule has 6 heteroatoms. The van der Waals surface area contributed by atoms with Crippen molar-refractivity contribution in [3.63, 3.8) is 0 Å². The van der Waals surface area contributed by atoms with Crippen LogP contribution in [0.5, 0.6) is 11.8 Å². The first kappa shape index (κ1) is 16.4. The van der Waals surface area contributed by atoms with Gasteiger partial charge in [-0.2, -0.15) is 0 Å². The predicted octanol–water partition coefficient (Wildman–Crippen LogP) is 4.04. The summed E-state index contributed by atoms with van der Waals surface area (Å²) in [6.45, 7) is 1.68. The summed E-state index contributed by atoms with van der Waals surface area (Å²) in [5.41, 5.74) is 1.17. The minimum absolute atomic E-state index is 0. The van der Waals surface area contributed by atoms with Gasteiger partial charge in [-0.3, -0.25) is 0 Å². The van der Waals surface area contributed by atoms with Crippen molar-refractivity contribution >= 4 is 23.7 Å². The summed E-state index contributed by atoms with van der Waals surface area (Å²) < 4.78 is 5.62. The first-order valence-corrected chi connectivity index (χ1v) is 7.55. The van der Waals surface area contributed by atoms with Gasteiger partial charge in [0.05, 0.1) is 0 Å². The zero-order chi connectivity index (χ0) is 14.3. The summed E-state index contributed by atoms with van der Waals surface area (Å²) in [4.78, 5) is 9.44. The molecule has 2 heterocycles. The lowest BCUT2D eigenvalue weighted by molar-refractivity contribution is 0.441. The molecule has 0 aliphatic carbocycles. The average molecular weight is 334 g/mol. The molecule has 4 nitrogen and oxygen atoms in total. The molecule has 0 saturated heterocycles. The molecule has 0 radical (unpaired) electrons. The highest BCUT2D eigenvalue weighted by Crippen LogP contribution is 2.18. The van der Waals surface area contributed by atoms with Crippen molar-refractivity contribution in [2.24, 2.45) is 0 Å². The largest absolute Gasteiger partial charge is 0.424 e. The monoisotopic (exact) mass is 333 g/mol. The number of hydrogen-bond acceptors (Lipinski definition) is 5. The van der Waals surface area contributed by atoms with E-state index in [1.54, 1.807) is 29.8 Å². The molecule has 1 aromatic carbocycles. The molecule has 3 aromatic rings. The molecule has 0 atom stereocenters. The molecule has 114 valence electrons. The fourth-order valence-electron chi connectivity index (χ4n) is 1.91. The Morgan fingerprint density at radius 2 is 1.86 bits per heavy atom. The molecule has 3 rings (SSSR count). The number of ether oxygens (including phenoxy) is 1. The maximum atomic E-state index is 5.62. The van der Waals surface area contributed by atoms with E-state index in [0.717, 1.165) is 18.8 Å². The van der Waals surface area contributed by atoms with E-state index in [9.17, 15) is 0 Å². The van der Waals surface area contributed by atoms with Gasteiger partial charge < -0.3 is 10.1 Å². The molecular formula is C16H16ClN3OS. The quantitative estimate of drug-likeness (QED) is 0.739. The van der Waals surface area contributed by atoms with E-state index >= 15 is 0 Å². The average Bonchev–Trinajstić information content (AvgIpc) is 3.02. The van der Waals surface area contributed by atoms with E-state index in [-0.39, 0.29) is 12.4 Å². The molecular weight excluding hydrogens is 318 g/mol. The number of nitrogens with zero attached hydrogens (tertiary/aromatic N) is 2. The van der Waals surface area contributed by atoms with Gasteiger partial charge in [-0.15, -0.1) is 23.7 Å². The van der Waals surface area contributed by atoms with Crippen LogP contribution in [-0.2, 0) is 13.1 Å². The number of halogens is 1. The van der Waals surface area contributed by atoms with Crippen molar-refractivity contribution in [1.82, 2.24) is 15.3 Å². The van der Waals surface area contributed by atoms with E-state index in [4.69, 9.17) is 4.74 Å². The summed E-state index contributed by atoms with van der Waals surface area (Å²) in [6.07, 6.45) is 3.32. The molecule has 1 N–H and O–H groups in total. The summed E-state index contributed by atoms with van der Waals surface area (Å²) in [5.74, 6) is 0.747. The highest BCUT2D eigenvalue weighted by molar-refractivity contribution is 7.09. The second-order valence-electron chi connectivity index (χ2n) is 4.46. The molecule has 0 bridgehead atoms. The van der Waals surface area contributed by atoms with Crippen LogP contribution in [0.4, 0.5) is 0 Å². The number of aromatic nitrogens is 2. The predicted molar refractivity (Wildman–Crippen MR) is 90.7 cm³/mol. The standard InChI is InChI=1S/C16H15N3OS.ClH/c1-4-13(11-17-12-15-6-2-9-21-15)10-14(5-1)20-16-18-7-3-8-19-16;/h1-10,17H,11-12H2;1H. The van der Waals surface area contributed by atoms with Crippen molar-refractivity contribution in [2.75, 3.05) is 0 Å². The zero-order valence-corrected chi connectivity index (χ0v) is 13.4. The Labute approximate surface area is 139 Å². The first-order valence-electron chi connectivity index (χ1n) is 6.67. The molecule has 0 unspecified atom stereocenters. The minimum Gasteiger partial charge on any atom is -0.424 e. The van der Waals surface area contributed by atoms with Crippen molar-refractivity contribution in [2.45, 2.75) is 13.1 Å². The maximum Gasteiger partial charge on any atom is 0.321 e. The van der Waals surface area contributed by atoms with Crippen LogP contribution in [0.2, 0.25) is 0 Å². The number of hydrogen-bond donors (Lipinski definition) is 1. The highest BCUT2D eigenvalue weighted by atomic mass is 35.5. The lowest BCUT2D eigenvalue weighted by atomic mass is 10.2. The molecule has 0 aliphatic heterocycles. The van der Waals surface area contributed by atoms with Crippen LogP contribution in [0, 0.1) is 0 Å². The first-order chi connectivity index (χ1) is 10.4. The van der Waals surface area contributed by atoms with Crippen molar-refractivity contribution in [1.29, 1.82) is 0 Å². The Morgan fingerprint density at radius 3 is 2.64 bits per heavy atom. The molecule has 0 spiro atoms. The normalized spacial score (nSPS) is 10.0. The fourth-order valence-corrected chi connectivity index (χ4v) is 2.58. The Balaban J connectivity index is 0.00000176. The number of thiophene rings is 1. The molecule has 0 fully saturated rings.